The van der Waals surface area contributed by atoms with E-state index in [-0.39, 0.29) is 54.3 Å². The average Bonchev–Trinajstić information content (AvgIpc) is 3.13. The van der Waals surface area contributed by atoms with Gasteiger partial charge in [-0.15, -0.1) is 0 Å². The number of Topliss-reactive ketones (excluding diaryl/α,β-unsaturated/α-hetero) is 1. The van der Waals surface area contributed by atoms with E-state index in [2.05, 4.69) is 6.92 Å². The highest BCUT2D eigenvalue weighted by Crippen LogP contribution is 2.68. The minimum atomic E-state index is -1.71. The highest BCUT2D eigenvalue weighted by molar-refractivity contribution is 7.85. The molecule has 0 heterocycles. The number of esters is 1. The van der Waals surface area contributed by atoms with Crippen molar-refractivity contribution in [3.63, 3.8) is 0 Å². The molecule has 2 unspecified atom stereocenters. The fraction of sp³-hybridized carbons (Fsp3) is 0.733. The van der Waals surface area contributed by atoms with Gasteiger partial charge in [-0.2, -0.15) is 0 Å². The lowest BCUT2D eigenvalue weighted by atomic mass is 9.45. The second-order valence-electron chi connectivity index (χ2n) is 12.6. The molecule has 0 aromatic heterocycles. The Morgan fingerprint density at radius 3 is 2.55 bits per heavy atom. The van der Waals surface area contributed by atoms with E-state index in [0.29, 0.717) is 25.7 Å². The molecule has 0 aromatic carbocycles. The second-order valence-corrected chi connectivity index (χ2v) is 14.2. The second kappa shape index (κ2) is 11.6. The Morgan fingerprint density at radius 2 is 1.85 bits per heavy atom. The number of hydrogen-bond donors (Lipinski definition) is 3. The summed E-state index contributed by atoms with van der Waals surface area (Å²) < 4.78 is 16.8. The van der Waals surface area contributed by atoms with Gasteiger partial charge >= 0.3 is 11.9 Å². The minimum Gasteiger partial charge on any atom is -0.481 e. The predicted molar refractivity (Wildman–Crippen MR) is 148 cm³/mol. The summed E-state index contributed by atoms with van der Waals surface area (Å²) in [7, 11) is -1.43. The van der Waals surface area contributed by atoms with Crippen LogP contribution in [0.25, 0.3) is 0 Å². The number of aliphatic hydroxyl groups excluding tert-OH is 1. The standard InChI is InChI=1S/C30H42O9S/c1-18-13-20(31)14-19-8-9-21-22-10-11-30(37,28(22,2)15-23(32)27(21)29(18,19)3)24(33)16-39-26(36)7-5-4-6-12-40(38)17-25(34)35/h13-14,21-23,27,32,37H,4-12,15-17H2,1-3H3,(H,34,35)/t21-,22-,23?,27+,28-,29-,30-,40?/m0/s1. The van der Waals surface area contributed by atoms with E-state index >= 15 is 0 Å². The lowest BCUT2D eigenvalue weighted by Crippen LogP contribution is -2.62. The zero-order valence-electron chi connectivity index (χ0n) is 23.6. The Bertz CT molecular complexity index is 1160. The van der Waals surface area contributed by atoms with Crippen LogP contribution in [0.4, 0.5) is 0 Å². The van der Waals surface area contributed by atoms with Crippen molar-refractivity contribution in [2.24, 2.45) is 28.6 Å². The van der Waals surface area contributed by atoms with Crippen LogP contribution in [-0.4, -0.2) is 72.9 Å². The zero-order valence-corrected chi connectivity index (χ0v) is 24.5. The van der Waals surface area contributed by atoms with Crippen LogP contribution >= 0.6 is 0 Å². The summed E-state index contributed by atoms with van der Waals surface area (Å²) in [5, 5.41) is 32.0. The van der Waals surface area contributed by atoms with Crippen LogP contribution < -0.4 is 0 Å². The van der Waals surface area contributed by atoms with Gasteiger partial charge in [-0.3, -0.25) is 23.4 Å². The van der Waals surface area contributed by atoms with Crippen molar-refractivity contribution < 1.29 is 43.4 Å². The number of carbonyl (C=O) groups excluding carboxylic acids is 3. The SMILES string of the molecule is CC1=CC(=O)C=C2CC[C@@H]3[C@H](C(O)C[C@@]4(C)[C@H]3CC[C@]4(O)C(=O)COC(=O)CCCCCS(=O)CC(=O)O)[C@@]12C. The summed E-state index contributed by atoms with van der Waals surface area (Å²) in [5.41, 5.74) is -0.975. The number of rotatable bonds is 11. The Hall–Kier alpha value is -2.17. The Balaban J connectivity index is 1.35. The molecule has 0 amide bonds. The van der Waals surface area contributed by atoms with Crippen LogP contribution in [-0.2, 0) is 34.7 Å². The van der Waals surface area contributed by atoms with Gasteiger partial charge in [0.1, 0.15) is 11.4 Å². The number of unbranched alkanes of at least 4 members (excludes halogenated alkanes) is 2. The molecular weight excluding hydrogens is 536 g/mol. The van der Waals surface area contributed by atoms with E-state index in [0.717, 1.165) is 24.0 Å². The van der Waals surface area contributed by atoms with Gasteiger partial charge in [0.25, 0.3) is 0 Å². The lowest BCUT2D eigenvalue weighted by Gasteiger charge is -2.60. The summed E-state index contributed by atoms with van der Waals surface area (Å²) in [6.07, 6.45) is 6.93. The van der Waals surface area contributed by atoms with Crippen LogP contribution in [0.2, 0.25) is 0 Å². The number of aliphatic hydroxyl groups is 2. The Kier molecular flexibility index (Phi) is 8.93. The first kappa shape index (κ1) is 30.8. The van der Waals surface area contributed by atoms with Gasteiger partial charge < -0.3 is 20.1 Å². The van der Waals surface area contributed by atoms with Crippen molar-refractivity contribution in [3.05, 3.63) is 23.3 Å². The molecule has 0 spiro atoms. The van der Waals surface area contributed by atoms with Crippen LogP contribution in [0.15, 0.2) is 23.3 Å². The molecule has 3 saturated carbocycles. The lowest BCUT2D eigenvalue weighted by molar-refractivity contribution is -0.181. The first-order valence-corrected chi connectivity index (χ1v) is 15.8. The smallest absolute Gasteiger partial charge is 0.316 e. The van der Waals surface area contributed by atoms with Crippen LogP contribution in [0.5, 0.6) is 0 Å². The third-order valence-corrected chi connectivity index (χ3v) is 11.9. The van der Waals surface area contributed by atoms with Gasteiger partial charge in [-0.1, -0.05) is 31.4 Å². The van der Waals surface area contributed by atoms with E-state index in [1.165, 1.54) is 0 Å². The molecule has 3 N–H and O–H groups in total. The van der Waals surface area contributed by atoms with E-state index in [4.69, 9.17) is 9.84 Å². The van der Waals surface area contributed by atoms with Crippen molar-refractivity contribution in [2.45, 2.75) is 90.3 Å². The number of aliphatic carboxylic acids is 1. The summed E-state index contributed by atoms with van der Waals surface area (Å²) in [6, 6.07) is 0. The quantitative estimate of drug-likeness (QED) is 0.248. The monoisotopic (exact) mass is 578 g/mol. The third kappa shape index (κ3) is 5.39. The molecule has 0 radical (unpaired) electrons. The fourth-order valence-corrected chi connectivity index (χ4v) is 9.34. The van der Waals surface area contributed by atoms with E-state index < -0.39 is 57.7 Å². The minimum absolute atomic E-state index is 0.0129. The Morgan fingerprint density at radius 1 is 1.12 bits per heavy atom. The largest absolute Gasteiger partial charge is 0.481 e. The molecule has 222 valence electrons. The van der Waals surface area contributed by atoms with Crippen LogP contribution in [0, 0.1) is 28.6 Å². The number of ketones is 2. The molecule has 10 heteroatoms. The molecular formula is C30H42O9S. The maximum atomic E-state index is 13.4. The summed E-state index contributed by atoms with van der Waals surface area (Å²) in [6.45, 7) is 5.43. The number of allylic oxidation sites excluding steroid dienone is 4. The summed E-state index contributed by atoms with van der Waals surface area (Å²) in [4.78, 5) is 48.4. The molecule has 3 fully saturated rings. The van der Waals surface area contributed by atoms with E-state index in [1.54, 1.807) is 12.2 Å². The average molecular weight is 579 g/mol. The van der Waals surface area contributed by atoms with Crippen molar-refractivity contribution in [1.82, 2.24) is 0 Å². The van der Waals surface area contributed by atoms with Crippen LogP contribution in [0.1, 0.15) is 78.6 Å². The molecule has 8 atom stereocenters. The van der Waals surface area contributed by atoms with Crippen molar-refractivity contribution >= 4 is 34.3 Å². The zero-order chi connectivity index (χ0) is 29.5. The number of hydrogen-bond acceptors (Lipinski definition) is 8. The third-order valence-electron chi connectivity index (χ3n) is 10.5. The number of carbonyl (C=O) groups is 4. The summed E-state index contributed by atoms with van der Waals surface area (Å²) >= 11 is 0. The fourth-order valence-electron chi connectivity index (χ4n) is 8.40. The molecule has 0 aliphatic heterocycles. The molecule has 0 saturated heterocycles. The molecule has 4 aliphatic rings. The van der Waals surface area contributed by atoms with Crippen molar-refractivity contribution in [2.75, 3.05) is 18.1 Å². The number of carboxylic acid groups (broad SMARTS) is 1. The van der Waals surface area contributed by atoms with Gasteiger partial charge in [0.2, 0.25) is 5.78 Å². The first-order chi connectivity index (χ1) is 18.7. The summed E-state index contributed by atoms with van der Waals surface area (Å²) in [5.74, 6) is -2.35. The van der Waals surface area contributed by atoms with Crippen LogP contribution in [0.3, 0.4) is 0 Å². The molecule has 0 aromatic rings. The first-order valence-electron chi connectivity index (χ1n) is 14.3. The van der Waals surface area contributed by atoms with Crippen molar-refractivity contribution in [1.29, 1.82) is 0 Å². The molecule has 9 nitrogen and oxygen atoms in total. The normalized spacial score (nSPS) is 37.4. The highest BCUT2D eigenvalue weighted by atomic mass is 32.2. The van der Waals surface area contributed by atoms with Crippen molar-refractivity contribution in [3.8, 4) is 0 Å². The van der Waals surface area contributed by atoms with E-state index in [1.807, 2.05) is 13.8 Å². The van der Waals surface area contributed by atoms with Gasteiger partial charge in [-0.25, -0.2) is 0 Å². The maximum Gasteiger partial charge on any atom is 0.316 e. The molecule has 40 heavy (non-hydrogen) atoms. The predicted octanol–water partition coefficient (Wildman–Crippen LogP) is 2.89. The van der Waals surface area contributed by atoms with Gasteiger partial charge in [0, 0.05) is 39.7 Å². The Labute approximate surface area is 237 Å². The maximum absolute atomic E-state index is 13.4. The molecule has 0 bridgehead atoms. The highest BCUT2D eigenvalue weighted by Gasteiger charge is 2.68. The molecule has 4 aliphatic carbocycles. The number of ether oxygens (including phenoxy) is 1. The van der Waals surface area contributed by atoms with Gasteiger partial charge in [0.15, 0.2) is 12.4 Å². The number of fused-ring (bicyclic) bond motifs is 5. The number of carboxylic acids is 1. The van der Waals surface area contributed by atoms with E-state index in [9.17, 15) is 33.6 Å². The van der Waals surface area contributed by atoms with Gasteiger partial charge in [-0.05, 0) is 75.9 Å². The van der Waals surface area contributed by atoms with Gasteiger partial charge in [0.05, 0.1) is 6.10 Å². The topological polar surface area (TPSA) is 155 Å². The molecule has 4 rings (SSSR count).